The maximum Gasteiger partial charge on any atom is 0.161 e. The largest absolute Gasteiger partial charge is 0.487 e. The minimum absolute atomic E-state index is 0.497. The molecule has 138 valence electrons. The van der Waals surface area contributed by atoms with E-state index in [1.165, 1.54) is 0 Å². The molecular weight excluding hydrogens is 312 g/mol. The third kappa shape index (κ3) is 10.4. The van der Waals surface area contributed by atoms with Gasteiger partial charge in [0.1, 0.15) is 13.2 Å². The molecule has 24 heavy (non-hydrogen) atoms. The summed E-state index contributed by atoms with van der Waals surface area (Å²) in [7, 11) is 0. The number of hydrogen-bond donors (Lipinski definition) is 0. The van der Waals surface area contributed by atoms with Crippen LogP contribution in [0.4, 0.5) is 0 Å². The van der Waals surface area contributed by atoms with E-state index in [1.807, 2.05) is 38.1 Å². The molecule has 0 atom stereocenters. The second-order valence-corrected chi connectivity index (χ2v) is 4.76. The first-order chi connectivity index (χ1) is 11.9. The summed E-state index contributed by atoms with van der Waals surface area (Å²) in [5.41, 5.74) is 0. The van der Waals surface area contributed by atoms with Crippen LogP contribution in [-0.2, 0) is 18.9 Å². The van der Waals surface area contributed by atoms with Gasteiger partial charge < -0.3 is 28.4 Å². The summed E-state index contributed by atoms with van der Waals surface area (Å²) in [5, 5.41) is 0. The first-order valence-electron chi connectivity index (χ1n) is 8.54. The van der Waals surface area contributed by atoms with Crippen LogP contribution in [0.2, 0.25) is 0 Å². The lowest BCUT2D eigenvalue weighted by Crippen LogP contribution is -2.13. The van der Waals surface area contributed by atoms with Crippen molar-refractivity contribution in [3.05, 3.63) is 24.3 Å². The monoisotopic (exact) mass is 342 g/mol. The lowest BCUT2D eigenvalue weighted by atomic mass is 10.3. The normalized spacial score (nSPS) is 16.9. The Morgan fingerprint density at radius 3 is 1.38 bits per heavy atom. The summed E-state index contributed by atoms with van der Waals surface area (Å²) >= 11 is 0. The molecule has 2 rings (SSSR count). The van der Waals surface area contributed by atoms with Gasteiger partial charge in [-0.2, -0.15) is 0 Å². The van der Waals surface area contributed by atoms with Crippen LogP contribution in [-0.4, -0.2) is 66.1 Å². The maximum absolute atomic E-state index is 5.63. The molecule has 1 heterocycles. The molecule has 0 aromatic heterocycles. The van der Waals surface area contributed by atoms with Crippen molar-refractivity contribution in [2.45, 2.75) is 13.8 Å². The second-order valence-electron chi connectivity index (χ2n) is 4.76. The fourth-order valence-electron chi connectivity index (χ4n) is 1.86. The molecule has 1 aromatic carbocycles. The number of ether oxygens (including phenoxy) is 6. The maximum atomic E-state index is 5.63. The molecule has 1 aromatic rings. The zero-order valence-corrected chi connectivity index (χ0v) is 14.8. The van der Waals surface area contributed by atoms with E-state index in [2.05, 4.69) is 0 Å². The van der Waals surface area contributed by atoms with Gasteiger partial charge in [-0.3, -0.25) is 0 Å². The molecule has 0 unspecified atom stereocenters. The van der Waals surface area contributed by atoms with E-state index >= 15 is 0 Å². The molecular formula is C18H30O6. The average Bonchev–Trinajstić information content (AvgIpc) is 2.61. The Kier molecular flexibility index (Phi) is 13.1. The Morgan fingerprint density at radius 2 is 1.04 bits per heavy atom. The summed E-state index contributed by atoms with van der Waals surface area (Å²) < 4.78 is 32.2. The fourth-order valence-corrected chi connectivity index (χ4v) is 1.86. The number of rotatable bonds is 2. The first-order valence-corrected chi connectivity index (χ1v) is 8.54. The van der Waals surface area contributed by atoms with Gasteiger partial charge in [0.05, 0.1) is 39.6 Å². The molecule has 0 bridgehead atoms. The Labute approximate surface area is 144 Å². The van der Waals surface area contributed by atoms with E-state index in [0.29, 0.717) is 52.9 Å². The summed E-state index contributed by atoms with van der Waals surface area (Å²) in [6.07, 6.45) is 0. The standard InChI is InChI=1S/C14H20O5.C4H10O/c1-2-4-14-13(3-1)18-11-9-16-7-5-15-6-8-17-10-12-19-14;1-3-5-4-2/h1-4H,5-12H2;3-4H2,1-2H3. The van der Waals surface area contributed by atoms with Crippen LogP contribution in [0.5, 0.6) is 11.5 Å². The van der Waals surface area contributed by atoms with Crippen molar-refractivity contribution in [3.63, 3.8) is 0 Å². The summed E-state index contributed by atoms with van der Waals surface area (Å²) in [6, 6.07) is 7.61. The van der Waals surface area contributed by atoms with Gasteiger partial charge in [-0.25, -0.2) is 0 Å². The van der Waals surface area contributed by atoms with E-state index in [-0.39, 0.29) is 0 Å². The summed E-state index contributed by atoms with van der Waals surface area (Å²) in [5.74, 6) is 1.47. The number of benzene rings is 1. The highest BCUT2D eigenvalue weighted by atomic mass is 16.6. The van der Waals surface area contributed by atoms with E-state index < -0.39 is 0 Å². The predicted octanol–water partition coefficient (Wildman–Crippen LogP) is 2.55. The van der Waals surface area contributed by atoms with Gasteiger partial charge in [-0.15, -0.1) is 0 Å². The van der Waals surface area contributed by atoms with Crippen molar-refractivity contribution in [1.29, 1.82) is 0 Å². The van der Waals surface area contributed by atoms with Crippen molar-refractivity contribution in [2.75, 3.05) is 66.1 Å². The lowest BCUT2D eigenvalue weighted by molar-refractivity contribution is 0.00708. The van der Waals surface area contributed by atoms with Gasteiger partial charge in [0.15, 0.2) is 11.5 Å². The quantitative estimate of drug-likeness (QED) is 0.823. The van der Waals surface area contributed by atoms with E-state index in [9.17, 15) is 0 Å². The third-order valence-electron chi connectivity index (χ3n) is 2.97. The number of fused-ring (bicyclic) bond motifs is 1. The molecule has 6 nitrogen and oxygen atoms in total. The Hall–Kier alpha value is -1.34. The van der Waals surface area contributed by atoms with Crippen LogP contribution in [0.25, 0.3) is 0 Å². The first kappa shape index (κ1) is 20.7. The topological polar surface area (TPSA) is 55.4 Å². The van der Waals surface area contributed by atoms with Crippen molar-refractivity contribution in [2.24, 2.45) is 0 Å². The zero-order chi connectivity index (χ0) is 17.3. The van der Waals surface area contributed by atoms with Gasteiger partial charge in [-0.1, -0.05) is 12.1 Å². The van der Waals surface area contributed by atoms with Gasteiger partial charge in [0, 0.05) is 13.2 Å². The van der Waals surface area contributed by atoms with E-state index in [1.54, 1.807) is 0 Å². The highest BCUT2D eigenvalue weighted by Crippen LogP contribution is 2.26. The molecule has 1 aliphatic heterocycles. The van der Waals surface area contributed by atoms with Gasteiger partial charge >= 0.3 is 0 Å². The molecule has 0 saturated carbocycles. The molecule has 0 amide bonds. The molecule has 0 N–H and O–H groups in total. The predicted molar refractivity (Wildman–Crippen MR) is 92.1 cm³/mol. The number of hydrogen-bond acceptors (Lipinski definition) is 6. The lowest BCUT2D eigenvalue weighted by Gasteiger charge is -2.12. The SMILES string of the molecule is CCOCC.c1ccc2c(c1)OCCOCCOCCOCCO2. The summed E-state index contributed by atoms with van der Waals surface area (Å²) in [6.45, 7) is 10.0. The van der Waals surface area contributed by atoms with Crippen molar-refractivity contribution in [1.82, 2.24) is 0 Å². The van der Waals surface area contributed by atoms with E-state index in [4.69, 9.17) is 28.4 Å². The fraction of sp³-hybridized carbons (Fsp3) is 0.667. The van der Waals surface area contributed by atoms with Crippen molar-refractivity contribution >= 4 is 0 Å². The van der Waals surface area contributed by atoms with Crippen LogP contribution in [0.1, 0.15) is 13.8 Å². The van der Waals surface area contributed by atoms with Crippen LogP contribution >= 0.6 is 0 Å². The molecule has 0 radical (unpaired) electrons. The van der Waals surface area contributed by atoms with Gasteiger partial charge in [0.2, 0.25) is 0 Å². The van der Waals surface area contributed by atoms with E-state index in [0.717, 1.165) is 24.7 Å². The highest BCUT2D eigenvalue weighted by molar-refractivity contribution is 5.39. The average molecular weight is 342 g/mol. The molecule has 1 aliphatic rings. The minimum atomic E-state index is 0.497. The van der Waals surface area contributed by atoms with Crippen LogP contribution < -0.4 is 9.47 Å². The molecule has 0 fully saturated rings. The molecule has 6 heteroatoms. The smallest absolute Gasteiger partial charge is 0.161 e. The van der Waals surface area contributed by atoms with Crippen molar-refractivity contribution < 1.29 is 28.4 Å². The zero-order valence-electron chi connectivity index (χ0n) is 14.8. The molecule has 0 saturated heterocycles. The second kappa shape index (κ2) is 15.2. The molecule has 0 aliphatic carbocycles. The van der Waals surface area contributed by atoms with Crippen LogP contribution in [0.3, 0.4) is 0 Å². The molecule has 0 spiro atoms. The summed E-state index contributed by atoms with van der Waals surface area (Å²) in [4.78, 5) is 0. The van der Waals surface area contributed by atoms with Gasteiger partial charge in [0.25, 0.3) is 0 Å². The highest BCUT2D eigenvalue weighted by Gasteiger charge is 2.04. The van der Waals surface area contributed by atoms with Crippen LogP contribution in [0.15, 0.2) is 24.3 Å². The minimum Gasteiger partial charge on any atom is -0.487 e. The Balaban J connectivity index is 0.000000505. The van der Waals surface area contributed by atoms with Crippen LogP contribution in [0, 0.1) is 0 Å². The van der Waals surface area contributed by atoms with Crippen molar-refractivity contribution in [3.8, 4) is 11.5 Å². The number of para-hydroxylation sites is 2. The Bertz CT molecular complexity index is 364. The van der Waals surface area contributed by atoms with Gasteiger partial charge in [-0.05, 0) is 26.0 Å². The third-order valence-corrected chi connectivity index (χ3v) is 2.97. The Morgan fingerprint density at radius 1 is 0.667 bits per heavy atom.